The molecule has 1 aliphatic rings. The number of methoxy groups -OCH3 is 2. The van der Waals surface area contributed by atoms with E-state index in [-0.39, 0.29) is 30.4 Å². The second-order valence-electron chi connectivity index (χ2n) is 7.03. The largest absolute Gasteiger partial charge is 0.497 e. The number of amides is 1. The summed E-state index contributed by atoms with van der Waals surface area (Å²) in [6.07, 6.45) is 0.379. The van der Waals surface area contributed by atoms with E-state index in [1.807, 2.05) is 43.3 Å². The van der Waals surface area contributed by atoms with Gasteiger partial charge in [-0.15, -0.1) is 0 Å². The number of carbonyl (C=O) groups is 2. The number of carbonyl (C=O) groups excluding carboxylic acids is 1. The first-order chi connectivity index (χ1) is 12.9. The molecule has 1 heterocycles. The second-order valence-corrected chi connectivity index (χ2v) is 7.03. The number of hydrogen-bond acceptors (Lipinski definition) is 4. The Morgan fingerprint density at radius 2 is 1.89 bits per heavy atom. The number of carboxylic acids is 1. The van der Waals surface area contributed by atoms with Crippen LogP contribution in [0.1, 0.15) is 31.2 Å². The molecule has 2 aromatic carbocycles. The van der Waals surface area contributed by atoms with E-state index in [4.69, 9.17) is 14.6 Å². The SMILES string of the molecule is COc1ccc2cc([C@H](C)C(=O)N3CC(OC)CC3CC(=O)O)ccc2c1. The Labute approximate surface area is 158 Å². The van der Waals surface area contributed by atoms with Crippen molar-refractivity contribution in [1.29, 1.82) is 0 Å². The van der Waals surface area contributed by atoms with Crippen molar-refractivity contribution in [2.75, 3.05) is 20.8 Å². The van der Waals surface area contributed by atoms with Crippen LogP contribution in [0.3, 0.4) is 0 Å². The van der Waals surface area contributed by atoms with Crippen LogP contribution in [0.2, 0.25) is 0 Å². The summed E-state index contributed by atoms with van der Waals surface area (Å²) in [5.41, 5.74) is 0.910. The van der Waals surface area contributed by atoms with Gasteiger partial charge >= 0.3 is 5.97 Å². The fourth-order valence-corrected chi connectivity index (χ4v) is 3.74. The predicted molar refractivity (Wildman–Crippen MR) is 102 cm³/mol. The van der Waals surface area contributed by atoms with Gasteiger partial charge in [-0.25, -0.2) is 0 Å². The van der Waals surface area contributed by atoms with Crippen molar-refractivity contribution in [2.45, 2.75) is 37.8 Å². The van der Waals surface area contributed by atoms with Crippen molar-refractivity contribution in [2.24, 2.45) is 0 Å². The highest BCUT2D eigenvalue weighted by Crippen LogP contribution is 2.30. The molecule has 1 N–H and O–H groups in total. The molecule has 144 valence electrons. The van der Waals surface area contributed by atoms with E-state index in [9.17, 15) is 9.59 Å². The summed E-state index contributed by atoms with van der Waals surface area (Å²) >= 11 is 0. The van der Waals surface area contributed by atoms with Crippen LogP contribution in [-0.2, 0) is 14.3 Å². The average Bonchev–Trinajstić information content (AvgIpc) is 3.08. The molecule has 6 heteroatoms. The standard InChI is InChI=1S/C21H25NO5/c1-13(14-4-5-16-9-18(26-2)7-6-15(16)8-14)21(25)22-12-19(27-3)10-17(22)11-20(23)24/h4-9,13,17,19H,10-12H2,1-3H3,(H,23,24)/t13-,17?,19?/m0/s1. The van der Waals surface area contributed by atoms with Crippen molar-refractivity contribution in [3.05, 3.63) is 42.0 Å². The van der Waals surface area contributed by atoms with E-state index in [1.165, 1.54) is 0 Å². The number of fused-ring (bicyclic) bond motifs is 1. The minimum absolute atomic E-state index is 0.0597. The maximum absolute atomic E-state index is 13.1. The highest BCUT2D eigenvalue weighted by atomic mass is 16.5. The van der Waals surface area contributed by atoms with Gasteiger partial charge in [-0.05, 0) is 41.8 Å². The van der Waals surface area contributed by atoms with E-state index in [2.05, 4.69) is 0 Å². The van der Waals surface area contributed by atoms with Crippen molar-refractivity contribution in [3.63, 3.8) is 0 Å². The molecule has 1 fully saturated rings. The van der Waals surface area contributed by atoms with Crippen LogP contribution in [0.15, 0.2) is 36.4 Å². The average molecular weight is 371 g/mol. The zero-order valence-electron chi connectivity index (χ0n) is 15.8. The molecule has 3 atom stereocenters. The van der Waals surface area contributed by atoms with Crippen LogP contribution in [0.5, 0.6) is 5.75 Å². The lowest BCUT2D eigenvalue weighted by Gasteiger charge is -2.26. The third-order valence-electron chi connectivity index (χ3n) is 5.34. The van der Waals surface area contributed by atoms with E-state index in [0.717, 1.165) is 22.1 Å². The molecule has 27 heavy (non-hydrogen) atoms. The van der Waals surface area contributed by atoms with E-state index in [1.54, 1.807) is 19.1 Å². The summed E-state index contributed by atoms with van der Waals surface area (Å²) in [6, 6.07) is 11.4. The fraction of sp³-hybridized carbons (Fsp3) is 0.429. The van der Waals surface area contributed by atoms with Gasteiger partial charge in [0.2, 0.25) is 5.91 Å². The first-order valence-corrected chi connectivity index (χ1v) is 9.05. The monoisotopic (exact) mass is 371 g/mol. The van der Waals surface area contributed by atoms with Gasteiger partial charge < -0.3 is 19.5 Å². The Hall–Kier alpha value is -2.60. The van der Waals surface area contributed by atoms with Gasteiger partial charge in [0.1, 0.15) is 5.75 Å². The lowest BCUT2D eigenvalue weighted by molar-refractivity contribution is -0.140. The molecule has 2 unspecified atom stereocenters. The van der Waals surface area contributed by atoms with Gasteiger partial charge in [-0.3, -0.25) is 9.59 Å². The molecule has 3 rings (SSSR count). The Bertz CT molecular complexity index is 850. The van der Waals surface area contributed by atoms with E-state index < -0.39 is 5.97 Å². The zero-order chi connectivity index (χ0) is 19.6. The van der Waals surface area contributed by atoms with Crippen LogP contribution in [0.25, 0.3) is 10.8 Å². The van der Waals surface area contributed by atoms with Crippen molar-refractivity contribution >= 4 is 22.6 Å². The first kappa shape index (κ1) is 19.2. The molecule has 0 bridgehead atoms. The molecular weight excluding hydrogens is 346 g/mol. The molecule has 0 aromatic heterocycles. The highest BCUT2D eigenvalue weighted by Gasteiger charge is 2.38. The number of nitrogens with zero attached hydrogens (tertiary/aromatic N) is 1. The minimum atomic E-state index is -0.901. The third kappa shape index (κ3) is 4.06. The summed E-state index contributed by atoms with van der Waals surface area (Å²) < 4.78 is 10.6. The number of rotatable bonds is 6. The van der Waals surface area contributed by atoms with Gasteiger partial charge in [0.05, 0.1) is 25.6 Å². The Kier molecular flexibility index (Phi) is 5.65. The zero-order valence-corrected chi connectivity index (χ0v) is 15.8. The minimum Gasteiger partial charge on any atom is -0.497 e. The first-order valence-electron chi connectivity index (χ1n) is 9.05. The number of hydrogen-bond donors (Lipinski definition) is 1. The number of ether oxygens (including phenoxy) is 2. The van der Waals surface area contributed by atoms with E-state index >= 15 is 0 Å². The molecular formula is C21H25NO5. The summed E-state index contributed by atoms with van der Waals surface area (Å²) in [6.45, 7) is 2.30. The fourth-order valence-electron chi connectivity index (χ4n) is 3.74. The smallest absolute Gasteiger partial charge is 0.305 e. The second kappa shape index (κ2) is 7.96. The summed E-state index contributed by atoms with van der Waals surface area (Å²) in [5.74, 6) is -0.530. The quantitative estimate of drug-likeness (QED) is 0.845. The van der Waals surface area contributed by atoms with Gasteiger partial charge in [-0.2, -0.15) is 0 Å². The maximum atomic E-state index is 13.1. The Balaban J connectivity index is 1.83. The van der Waals surface area contributed by atoms with Gasteiger partial charge in [0.25, 0.3) is 0 Å². The number of aliphatic carboxylic acids is 1. The van der Waals surface area contributed by atoms with E-state index in [0.29, 0.717) is 13.0 Å². The molecule has 0 saturated carbocycles. The predicted octanol–water partition coefficient (Wildman–Crippen LogP) is 3.04. The lowest BCUT2D eigenvalue weighted by Crippen LogP contribution is -2.39. The summed E-state index contributed by atoms with van der Waals surface area (Å²) in [4.78, 5) is 25.9. The maximum Gasteiger partial charge on any atom is 0.305 e. The van der Waals surface area contributed by atoms with Crippen LogP contribution in [-0.4, -0.2) is 54.8 Å². The summed E-state index contributed by atoms with van der Waals surface area (Å²) in [5, 5.41) is 11.2. The van der Waals surface area contributed by atoms with Gasteiger partial charge in [0, 0.05) is 19.7 Å². The molecule has 0 spiro atoms. The molecule has 2 aromatic rings. The molecule has 6 nitrogen and oxygen atoms in total. The van der Waals surface area contributed by atoms with Crippen LogP contribution < -0.4 is 4.74 Å². The van der Waals surface area contributed by atoms with Crippen LogP contribution in [0, 0.1) is 0 Å². The lowest BCUT2D eigenvalue weighted by atomic mass is 9.96. The van der Waals surface area contributed by atoms with Crippen LogP contribution in [0.4, 0.5) is 0 Å². The van der Waals surface area contributed by atoms with Crippen molar-refractivity contribution in [3.8, 4) is 5.75 Å². The number of likely N-dealkylation sites (tertiary alicyclic amines) is 1. The van der Waals surface area contributed by atoms with Gasteiger partial charge in [-0.1, -0.05) is 24.3 Å². The van der Waals surface area contributed by atoms with Crippen LogP contribution >= 0.6 is 0 Å². The molecule has 1 amide bonds. The van der Waals surface area contributed by atoms with Gasteiger partial charge in [0.15, 0.2) is 0 Å². The number of benzene rings is 2. The molecule has 1 aliphatic heterocycles. The van der Waals surface area contributed by atoms with Crippen molar-refractivity contribution in [1.82, 2.24) is 4.90 Å². The molecule has 0 aliphatic carbocycles. The molecule has 0 radical (unpaired) electrons. The number of carboxylic acid groups (broad SMARTS) is 1. The Morgan fingerprint density at radius 3 is 2.56 bits per heavy atom. The Morgan fingerprint density at radius 1 is 1.19 bits per heavy atom. The topological polar surface area (TPSA) is 76.1 Å². The third-order valence-corrected chi connectivity index (χ3v) is 5.34. The normalized spacial score (nSPS) is 20.6. The van der Waals surface area contributed by atoms with Crippen molar-refractivity contribution < 1.29 is 24.2 Å². The molecule has 1 saturated heterocycles. The highest BCUT2D eigenvalue weighted by molar-refractivity contribution is 5.89. The summed E-state index contributed by atoms with van der Waals surface area (Å²) in [7, 11) is 3.23.